The van der Waals surface area contributed by atoms with E-state index in [-0.39, 0.29) is 23.5 Å². The lowest BCUT2D eigenvalue weighted by Gasteiger charge is -2.26. The summed E-state index contributed by atoms with van der Waals surface area (Å²) in [5.74, 6) is 0.400. The Morgan fingerprint density at radius 1 is 1.05 bits per heavy atom. The topological polar surface area (TPSA) is 99.4 Å². The number of thiazole rings is 1. The molecule has 8 nitrogen and oxygen atoms in total. The fourth-order valence-corrected chi connectivity index (χ4v) is 5.49. The van der Waals surface area contributed by atoms with E-state index < -0.39 is 12.0 Å². The van der Waals surface area contributed by atoms with Crippen LogP contribution < -0.4 is 24.4 Å². The molecule has 5 rings (SSSR count). The van der Waals surface area contributed by atoms with Gasteiger partial charge in [0.25, 0.3) is 5.56 Å². The van der Waals surface area contributed by atoms with Gasteiger partial charge in [-0.3, -0.25) is 9.36 Å². The van der Waals surface area contributed by atoms with Crippen LogP contribution in [0.3, 0.4) is 0 Å². The van der Waals surface area contributed by atoms with E-state index in [1.807, 2.05) is 42.5 Å². The molecule has 198 valence electrons. The van der Waals surface area contributed by atoms with Gasteiger partial charge in [0.15, 0.2) is 16.3 Å². The van der Waals surface area contributed by atoms with Crippen LogP contribution >= 0.6 is 11.3 Å². The first-order valence-electron chi connectivity index (χ1n) is 12.2. The van der Waals surface area contributed by atoms with Gasteiger partial charge in [-0.05, 0) is 48.4 Å². The van der Waals surface area contributed by atoms with Gasteiger partial charge in [-0.25, -0.2) is 9.79 Å². The minimum absolute atomic E-state index is 0.0360. The number of esters is 1. The Hall–Kier alpha value is -4.63. The van der Waals surface area contributed by atoms with E-state index in [1.165, 1.54) is 29.1 Å². The summed E-state index contributed by atoms with van der Waals surface area (Å²) in [7, 11) is 3.05. The number of fused-ring (bicyclic) bond motifs is 1. The van der Waals surface area contributed by atoms with E-state index in [0.29, 0.717) is 37.7 Å². The minimum Gasteiger partial charge on any atom is -0.504 e. The van der Waals surface area contributed by atoms with Gasteiger partial charge < -0.3 is 19.3 Å². The van der Waals surface area contributed by atoms with Gasteiger partial charge in [-0.15, -0.1) is 0 Å². The lowest BCUT2D eigenvalue weighted by molar-refractivity contribution is -0.138. The fourth-order valence-electron chi connectivity index (χ4n) is 4.49. The molecular weight excluding hydrogens is 516 g/mol. The van der Waals surface area contributed by atoms with Crippen LogP contribution in [0.5, 0.6) is 17.2 Å². The van der Waals surface area contributed by atoms with E-state index in [1.54, 1.807) is 44.4 Å². The van der Waals surface area contributed by atoms with Crippen LogP contribution in [-0.2, 0) is 9.53 Å². The van der Waals surface area contributed by atoms with Crippen LogP contribution in [0.2, 0.25) is 0 Å². The normalized spacial score (nSPS) is 14.9. The number of nitrogens with zero attached hydrogens (tertiary/aromatic N) is 2. The summed E-state index contributed by atoms with van der Waals surface area (Å²) < 4.78 is 17.9. The lowest BCUT2D eigenvalue weighted by atomic mass is 9.93. The van der Waals surface area contributed by atoms with Crippen molar-refractivity contribution in [3.05, 3.63) is 115 Å². The third-order valence-electron chi connectivity index (χ3n) is 6.31. The number of methoxy groups -OCH3 is 2. The minimum atomic E-state index is -0.784. The Balaban J connectivity index is 1.79. The second-order valence-electron chi connectivity index (χ2n) is 8.64. The summed E-state index contributed by atoms with van der Waals surface area (Å²) in [5.41, 5.74) is 2.46. The van der Waals surface area contributed by atoms with Crippen molar-refractivity contribution in [3.8, 4) is 17.2 Å². The van der Waals surface area contributed by atoms with Crippen LogP contribution in [0.25, 0.3) is 11.8 Å². The molecule has 39 heavy (non-hydrogen) atoms. The van der Waals surface area contributed by atoms with Gasteiger partial charge in [-0.2, -0.15) is 0 Å². The molecule has 0 spiro atoms. The van der Waals surface area contributed by atoms with Crippen molar-refractivity contribution < 1.29 is 24.1 Å². The number of benzene rings is 3. The molecule has 4 aromatic rings. The van der Waals surface area contributed by atoms with Crippen LogP contribution in [0.4, 0.5) is 0 Å². The fraction of sp³-hybridized carbons (Fsp3) is 0.167. The first kappa shape index (κ1) is 26.0. The zero-order valence-corrected chi connectivity index (χ0v) is 22.4. The molecule has 0 saturated heterocycles. The molecule has 0 radical (unpaired) electrons. The Morgan fingerprint density at radius 3 is 2.44 bits per heavy atom. The molecular formula is C30H26N2O6S. The van der Waals surface area contributed by atoms with Crippen LogP contribution in [0, 0.1) is 0 Å². The average molecular weight is 543 g/mol. The number of carbonyl (C=O) groups is 1. The monoisotopic (exact) mass is 542 g/mol. The average Bonchev–Trinajstić information content (AvgIpc) is 3.27. The molecule has 9 heteroatoms. The standard InChI is InChI=1S/C30H26N2O6S/c1-4-38-29(35)25-26(19-8-6-5-7-9-19)31-30-32(27(25)20-11-13-21(36-2)14-12-20)28(34)24(39-30)17-18-10-15-23(37-3)22(33)16-18/h5-17,27,33H,4H2,1-3H3/b24-17-/t27-/m0/s1. The van der Waals surface area contributed by atoms with E-state index in [4.69, 9.17) is 19.2 Å². The van der Waals surface area contributed by atoms with Gasteiger partial charge in [0.1, 0.15) is 5.75 Å². The zero-order valence-electron chi connectivity index (χ0n) is 21.6. The molecule has 0 saturated carbocycles. The van der Waals surface area contributed by atoms with Crippen molar-refractivity contribution in [2.75, 3.05) is 20.8 Å². The van der Waals surface area contributed by atoms with Crippen LogP contribution in [-0.4, -0.2) is 36.5 Å². The van der Waals surface area contributed by atoms with Crippen molar-refractivity contribution in [2.45, 2.75) is 13.0 Å². The molecule has 0 fully saturated rings. The maximum Gasteiger partial charge on any atom is 0.338 e. The molecule has 3 aromatic carbocycles. The highest BCUT2D eigenvalue weighted by atomic mass is 32.1. The number of rotatable bonds is 7. The predicted molar refractivity (Wildman–Crippen MR) is 149 cm³/mol. The number of aromatic hydroxyl groups is 1. The first-order chi connectivity index (χ1) is 18.9. The van der Waals surface area contributed by atoms with Crippen LogP contribution in [0.15, 0.2) is 88.2 Å². The number of phenolic OH excluding ortho intramolecular Hbond substituents is 1. The third-order valence-corrected chi connectivity index (χ3v) is 7.29. The number of phenols is 1. The van der Waals surface area contributed by atoms with Crippen molar-refractivity contribution in [2.24, 2.45) is 4.99 Å². The molecule has 2 heterocycles. The zero-order chi connectivity index (χ0) is 27.5. The van der Waals surface area contributed by atoms with Gasteiger partial charge >= 0.3 is 5.97 Å². The molecule has 0 bridgehead atoms. The van der Waals surface area contributed by atoms with Gasteiger partial charge in [0.2, 0.25) is 0 Å². The summed E-state index contributed by atoms with van der Waals surface area (Å²) in [6.07, 6.45) is 1.68. The lowest BCUT2D eigenvalue weighted by Crippen LogP contribution is -2.40. The largest absolute Gasteiger partial charge is 0.504 e. The molecule has 1 atom stereocenters. The van der Waals surface area contributed by atoms with E-state index in [0.717, 1.165) is 5.56 Å². The summed E-state index contributed by atoms with van der Waals surface area (Å²) in [6, 6.07) is 20.7. The maximum atomic E-state index is 13.9. The maximum absolute atomic E-state index is 13.9. The highest BCUT2D eigenvalue weighted by Gasteiger charge is 2.35. The van der Waals surface area contributed by atoms with Crippen molar-refractivity contribution >= 4 is 29.1 Å². The predicted octanol–water partition coefficient (Wildman–Crippen LogP) is 3.66. The molecule has 1 N–H and O–H groups in total. The number of hydrogen-bond donors (Lipinski definition) is 1. The summed E-state index contributed by atoms with van der Waals surface area (Å²) in [4.78, 5) is 32.6. The molecule has 1 aromatic heterocycles. The Labute approximate surface area is 228 Å². The van der Waals surface area contributed by atoms with Crippen LogP contribution in [0.1, 0.15) is 29.7 Å². The van der Waals surface area contributed by atoms with Gasteiger partial charge in [0, 0.05) is 5.56 Å². The first-order valence-corrected chi connectivity index (χ1v) is 13.1. The third kappa shape index (κ3) is 4.96. The Kier molecular flexibility index (Phi) is 7.33. The van der Waals surface area contributed by atoms with E-state index in [2.05, 4.69) is 0 Å². The second-order valence-corrected chi connectivity index (χ2v) is 9.65. The van der Waals surface area contributed by atoms with E-state index in [9.17, 15) is 14.7 Å². The van der Waals surface area contributed by atoms with Crippen molar-refractivity contribution in [1.29, 1.82) is 0 Å². The number of hydrogen-bond acceptors (Lipinski definition) is 8. The highest BCUT2D eigenvalue weighted by molar-refractivity contribution is 7.07. The highest BCUT2D eigenvalue weighted by Crippen LogP contribution is 2.35. The smallest absolute Gasteiger partial charge is 0.338 e. The van der Waals surface area contributed by atoms with Crippen molar-refractivity contribution in [1.82, 2.24) is 4.57 Å². The SMILES string of the molecule is CCOC(=O)C1=C(c2ccccc2)N=c2s/c(=C\c3ccc(OC)c(O)c3)c(=O)n2[C@H]1c1ccc(OC)cc1. The van der Waals surface area contributed by atoms with Crippen molar-refractivity contribution in [3.63, 3.8) is 0 Å². The van der Waals surface area contributed by atoms with Gasteiger partial charge in [-0.1, -0.05) is 59.9 Å². The second kappa shape index (κ2) is 11.0. The van der Waals surface area contributed by atoms with E-state index >= 15 is 0 Å². The molecule has 0 aliphatic carbocycles. The summed E-state index contributed by atoms with van der Waals surface area (Å²) >= 11 is 1.21. The number of aromatic nitrogens is 1. The molecule has 1 aliphatic rings. The van der Waals surface area contributed by atoms with Gasteiger partial charge in [0.05, 0.1) is 42.7 Å². The Bertz CT molecular complexity index is 1740. The molecule has 0 unspecified atom stereocenters. The summed E-state index contributed by atoms with van der Waals surface area (Å²) in [5, 5.41) is 10.2. The quantitative estimate of drug-likeness (QED) is 0.358. The summed E-state index contributed by atoms with van der Waals surface area (Å²) in [6.45, 7) is 1.91. The number of ether oxygens (including phenoxy) is 3. The molecule has 0 amide bonds. The number of carbonyl (C=O) groups excluding carboxylic acids is 1. The Morgan fingerprint density at radius 2 is 1.79 bits per heavy atom. The molecule has 1 aliphatic heterocycles.